The fourth-order valence-electron chi connectivity index (χ4n) is 3.25. The number of hydrogen-bond donors (Lipinski definition) is 2. The lowest BCUT2D eigenvalue weighted by atomic mass is 9.76. The zero-order valence-corrected chi connectivity index (χ0v) is 14.2. The Morgan fingerprint density at radius 2 is 2.22 bits per heavy atom. The van der Waals surface area contributed by atoms with Crippen molar-refractivity contribution in [2.24, 2.45) is 11.3 Å². The van der Waals surface area contributed by atoms with Crippen molar-refractivity contribution in [3.05, 3.63) is 45.8 Å². The number of thiophene rings is 1. The molecular formula is C18H21NO3S. The van der Waals surface area contributed by atoms with E-state index >= 15 is 0 Å². The van der Waals surface area contributed by atoms with Crippen LogP contribution in [0.1, 0.15) is 46.6 Å². The minimum atomic E-state index is -0.837. The van der Waals surface area contributed by atoms with Gasteiger partial charge in [-0.15, -0.1) is 11.3 Å². The molecule has 23 heavy (non-hydrogen) atoms. The number of rotatable bonds is 4. The van der Waals surface area contributed by atoms with Crippen LogP contribution in [0.5, 0.6) is 0 Å². The number of aryl methyl sites for hydroxylation is 1. The van der Waals surface area contributed by atoms with Crippen molar-refractivity contribution in [2.45, 2.75) is 39.7 Å². The Bertz CT molecular complexity index is 749. The third-order valence-electron chi connectivity index (χ3n) is 4.43. The first-order chi connectivity index (χ1) is 10.9. The van der Waals surface area contributed by atoms with Gasteiger partial charge in [0.05, 0.1) is 12.2 Å². The smallest absolute Gasteiger partial charge is 0.337 e. The van der Waals surface area contributed by atoms with Crippen molar-refractivity contribution in [3.8, 4) is 10.4 Å². The normalized spacial score (nSPS) is 16.1. The second-order valence-corrected chi connectivity index (χ2v) is 7.97. The van der Waals surface area contributed by atoms with E-state index in [0.717, 1.165) is 40.8 Å². The average molecular weight is 331 g/mol. The first-order valence-electron chi connectivity index (χ1n) is 7.70. The first kappa shape index (κ1) is 16.2. The summed E-state index contributed by atoms with van der Waals surface area (Å²) in [6, 6.07) is 7.75. The van der Waals surface area contributed by atoms with Crippen molar-refractivity contribution in [2.75, 3.05) is 0 Å². The Morgan fingerprint density at radius 3 is 2.91 bits per heavy atom. The number of benzene rings is 1. The highest BCUT2D eigenvalue weighted by atomic mass is 32.1. The molecular weight excluding hydrogens is 310 g/mol. The number of nitrogens with two attached hydrogens (primary N) is 1. The van der Waals surface area contributed by atoms with Crippen LogP contribution in [0.25, 0.3) is 10.4 Å². The maximum atomic E-state index is 11.9. The average Bonchev–Trinajstić information content (AvgIpc) is 2.85. The minimum absolute atomic E-state index is 0.158. The fourth-order valence-corrected chi connectivity index (χ4v) is 4.55. The van der Waals surface area contributed by atoms with E-state index in [2.05, 4.69) is 13.8 Å². The predicted molar refractivity (Wildman–Crippen MR) is 91.5 cm³/mol. The van der Waals surface area contributed by atoms with E-state index in [9.17, 15) is 9.90 Å². The van der Waals surface area contributed by atoms with E-state index in [0.29, 0.717) is 12.2 Å². The number of carboxylic acid groups (broad SMARTS) is 1. The van der Waals surface area contributed by atoms with Crippen LogP contribution in [-0.2, 0) is 24.3 Å². The highest BCUT2D eigenvalue weighted by Crippen LogP contribution is 2.45. The molecule has 3 rings (SSSR count). The molecule has 1 aromatic carbocycles. The van der Waals surface area contributed by atoms with E-state index in [-0.39, 0.29) is 5.41 Å². The Balaban J connectivity index is 2.12. The molecule has 0 atom stereocenters. The Hall–Kier alpha value is -1.69. The third-order valence-corrected chi connectivity index (χ3v) is 5.77. The number of carbonyl (C=O) groups is 1. The zero-order valence-electron chi connectivity index (χ0n) is 13.4. The molecule has 2 aromatic rings. The second kappa shape index (κ2) is 6.07. The summed E-state index contributed by atoms with van der Waals surface area (Å²) in [7, 11) is 0. The Morgan fingerprint density at radius 1 is 1.43 bits per heavy atom. The Labute approximate surface area is 139 Å². The summed E-state index contributed by atoms with van der Waals surface area (Å²) in [6.07, 6.45) is 2.88. The zero-order chi connectivity index (χ0) is 16.6. The van der Waals surface area contributed by atoms with Crippen LogP contribution in [0.2, 0.25) is 0 Å². The van der Waals surface area contributed by atoms with Crippen molar-refractivity contribution in [3.63, 3.8) is 0 Å². The number of fused-ring (bicyclic) bond motifs is 1. The van der Waals surface area contributed by atoms with Gasteiger partial charge < -0.3 is 5.11 Å². The Kier molecular flexibility index (Phi) is 4.27. The van der Waals surface area contributed by atoms with Crippen molar-refractivity contribution >= 4 is 17.3 Å². The molecule has 3 N–H and O–H groups in total. The molecule has 1 aliphatic carbocycles. The number of carboxylic acids is 1. The molecule has 0 saturated carbocycles. The summed E-state index contributed by atoms with van der Waals surface area (Å²) >= 11 is 1.62. The molecule has 0 amide bonds. The maximum Gasteiger partial charge on any atom is 0.337 e. The molecule has 0 fully saturated rings. The van der Waals surface area contributed by atoms with Gasteiger partial charge in [-0.1, -0.05) is 32.0 Å². The minimum Gasteiger partial charge on any atom is -0.478 e. The predicted octanol–water partition coefficient (Wildman–Crippen LogP) is 4.02. The summed E-state index contributed by atoms with van der Waals surface area (Å²) in [4.78, 5) is 18.7. The lowest BCUT2D eigenvalue weighted by molar-refractivity contribution is 0.0696. The van der Waals surface area contributed by atoms with Crippen LogP contribution in [0.4, 0.5) is 0 Å². The van der Waals surface area contributed by atoms with Gasteiger partial charge in [0.2, 0.25) is 0 Å². The summed E-state index contributed by atoms with van der Waals surface area (Å²) in [5, 5.41) is 9.78. The molecule has 0 unspecified atom stereocenters. The van der Waals surface area contributed by atoms with Crippen molar-refractivity contribution < 1.29 is 14.7 Å². The van der Waals surface area contributed by atoms with Crippen LogP contribution in [0, 0.1) is 5.41 Å². The molecule has 122 valence electrons. The monoisotopic (exact) mass is 331 g/mol. The topological polar surface area (TPSA) is 72.5 Å². The summed E-state index contributed by atoms with van der Waals surface area (Å²) in [5.74, 6) is 4.31. The van der Waals surface area contributed by atoms with Crippen LogP contribution >= 0.6 is 11.3 Å². The van der Waals surface area contributed by atoms with Crippen LogP contribution in [-0.4, -0.2) is 11.1 Å². The molecule has 1 heterocycles. The molecule has 0 radical (unpaired) electrons. The number of aromatic carboxylic acids is 1. The molecule has 0 spiro atoms. The molecule has 0 aliphatic heterocycles. The highest BCUT2D eigenvalue weighted by molar-refractivity contribution is 7.16. The second-order valence-electron chi connectivity index (χ2n) is 6.87. The summed E-state index contributed by atoms with van der Waals surface area (Å²) in [6.45, 7) is 4.73. The van der Waals surface area contributed by atoms with Gasteiger partial charge in [-0.2, -0.15) is 0 Å². The van der Waals surface area contributed by atoms with E-state index in [1.807, 2.05) is 24.3 Å². The van der Waals surface area contributed by atoms with Crippen LogP contribution < -0.4 is 5.90 Å². The third kappa shape index (κ3) is 3.17. The van der Waals surface area contributed by atoms with Gasteiger partial charge in [0.25, 0.3) is 0 Å². The van der Waals surface area contributed by atoms with Gasteiger partial charge in [0.15, 0.2) is 0 Å². The molecule has 5 heteroatoms. The van der Waals surface area contributed by atoms with Gasteiger partial charge >= 0.3 is 5.97 Å². The summed E-state index contributed by atoms with van der Waals surface area (Å²) in [5.41, 5.74) is 3.52. The SMILES string of the molecule is CC1(C)CCc2sc(-c3cccc(CON)c3)c(C(=O)O)c2C1. The van der Waals surface area contributed by atoms with Gasteiger partial charge in [0.1, 0.15) is 0 Å². The quantitative estimate of drug-likeness (QED) is 0.830. The highest BCUT2D eigenvalue weighted by Gasteiger charge is 2.32. The lowest BCUT2D eigenvalue weighted by Crippen LogP contribution is -2.22. The van der Waals surface area contributed by atoms with Gasteiger partial charge in [-0.05, 0) is 47.4 Å². The van der Waals surface area contributed by atoms with Gasteiger partial charge in [-0.3, -0.25) is 4.84 Å². The molecule has 0 saturated heterocycles. The largest absolute Gasteiger partial charge is 0.478 e. The van der Waals surface area contributed by atoms with E-state index in [1.165, 1.54) is 4.88 Å². The van der Waals surface area contributed by atoms with Gasteiger partial charge in [0, 0.05) is 9.75 Å². The molecule has 1 aliphatic rings. The molecule has 1 aromatic heterocycles. The summed E-state index contributed by atoms with van der Waals surface area (Å²) < 4.78 is 0. The molecule has 4 nitrogen and oxygen atoms in total. The van der Waals surface area contributed by atoms with E-state index in [1.54, 1.807) is 11.3 Å². The maximum absolute atomic E-state index is 11.9. The first-order valence-corrected chi connectivity index (χ1v) is 8.52. The van der Waals surface area contributed by atoms with E-state index in [4.69, 9.17) is 10.7 Å². The fraction of sp³-hybridized carbons (Fsp3) is 0.389. The van der Waals surface area contributed by atoms with Gasteiger partial charge in [-0.25, -0.2) is 10.7 Å². The lowest BCUT2D eigenvalue weighted by Gasteiger charge is -2.29. The standard InChI is InChI=1S/C18H21NO3S/c1-18(2)7-6-14-13(9-18)15(17(20)21)16(23-14)12-5-3-4-11(8-12)10-22-19/h3-5,8H,6-7,9-10,19H2,1-2H3,(H,20,21). The van der Waals surface area contributed by atoms with Crippen LogP contribution in [0.15, 0.2) is 24.3 Å². The molecule has 0 bridgehead atoms. The number of hydrogen-bond acceptors (Lipinski definition) is 4. The van der Waals surface area contributed by atoms with E-state index < -0.39 is 5.97 Å². The van der Waals surface area contributed by atoms with Crippen molar-refractivity contribution in [1.29, 1.82) is 0 Å². The van der Waals surface area contributed by atoms with Crippen molar-refractivity contribution in [1.82, 2.24) is 0 Å². The van der Waals surface area contributed by atoms with Crippen LogP contribution in [0.3, 0.4) is 0 Å².